The minimum absolute atomic E-state index is 0.0393. The molecule has 0 aliphatic heterocycles. The molecule has 2 rings (SSSR count). The van der Waals surface area contributed by atoms with Crippen molar-refractivity contribution in [2.45, 2.75) is 0 Å². The van der Waals surface area contributed by atoms with Crippen LogP contribution in [0, 0.1) is 20.2 Å². The summed E-state index contributed by atoms with van der Waals surface area (Å²) >= 11 is 0. The molecule has 0 spiro atoms. The van der Waals surface area contributed by atoms with Gasteiger partial charge in [0.05, 0.1) is 15.4 Å². The molecule has 0 radical (unpaired) electrons. The maximum absolute atomic E-state index is 11.9. The fourth-order valence-corrected chi connectivity index (χ4v) is 2.21. The molecule has 0 fully saturated rings. The van der Waals surface area contributed by atoms with Gasteiger partial charge >= 0.3 is 17.1 Å². The molecule has 0 atom stereocenters. The Labute approximate surface area is 111 Å². The summed E-state index contributed by atoms with van der Waals surface area (Å²) in [5, 5.41) is 24.8. The molecule has 10 heteroatoms. The fraction of sp³-hybridized carbons (Fsp3) is 0.300. The van der Waals surface area contributed by atoms with E-state index >= 15 is 0 Å². The zero-order valence-electron chi connectivity index (χ0n) is 10.9. The largest absolute Gasteiger partial charge is 0.377 e. The smallest absolute Gasteiger partial charge is 0.328 e. The van der Waals surface area contributed by atoms with Crippen LogP contribution >= 0.6 is 0 Å². The van der Waals surface area contributed by atoms with Gasteiger partial charge in [-0.2, -0.15) is 0 Å². The maximum Gasteiger partial charge on any atom is 0.328 e. The van der Waals surface area contributed by atoms with Crippen LogP contribution in [0.2, 0.25) is 0 Å². The van der Waals surface area contributed by atoms with Crippen molar-refractivity contribution in [2.75, 3.05) is 12.4 Å². The number of imidazole rings is 1. The predicted molar refractivity (Wildman–Crippen MR) is 71.0 cm³/mol. The van der Waals surface area contributed by atoms with Crippen LogP contribution in [0.3, 0.4) is 0 Å². The molecule has 106 valence electrons. The third-order valence-electron chi connectivity index (χ3n) is 3.13. The molecule has 0 unspecified atom stereocenters. The van der Waals surface area contributed by atoms with E-state index < -0.39 is 26.9 Å². The second-order valence-corrected chi connectivity index (χ2v) is 4.15. The highest BCUT2D eigenvalue weighted by Crippen LogP contribution is 2.39. The zero-order valence-corrected chi connectivity index (χ0v) is 10.9. The van der Waals surface area contributed by atoms with Crippen molar-refractivity contribution in [1.82, 2.24) is 9.13 Å². The minimum Gasteiger partial charge on any atom is -0.377 e. The maximum atomic E-state index is 11.9. The van der Waals surface area contributed by atoms with Gasteiger partial charge in [-0.1, -0.05) is 0 Å². The number of aryl methyl sites for hydroxylation is 2. The molecule has 0 saturated carbocycles. The molecule has 20 heavy (non-hydrogen) atoms. The number of anilines is 1. The van der Waals surface area contributed by atoms with Gasteiger partial charge in [0.2, 0.25) is 0 Å². The first kappa shape index (κ1) is 13.5. The lowest BCUT2D eigenvalue weighted by Gasteiger charge is -2.05. The number of rotatable bonds is 3. The number of nitrogens with one attached hydrogen (secondary N) is 1. The van der Waals surface area contributed by atoms with Crippen molar-refractivity contribution in [1.29, 1.82) is 0 Å². The van der Waals surface area contributed by atoms with Crippen LogP contribution < -0.4 is 11.0 Å². The van der Waals surface area contributed by atoms with Crippen LogP contribution in [0.25, 0.3) is 11.0 Å². The van der Waals surface area contributed by atoms with Crippen molar-refractivity contribution in [3.05, 3.63) is 36.8 Å². The van der Waals surface area contributed by atoms with Gasteiger partial charge in [0.1, 0.15) is 0 Å². The topological polar surface area (TPSA) is 125 Å². The van der Waals surface area contributed by atoms with E-state index in [1.54, 1.807) is 0 Å². The summed E-state index contributed by atoms with van der Waals surface area (Å²) in [6, 6.07) is 1.15. The number of aromatic nitrogens is 2. The molecule has 0 aliphatic rings. The van der Waals surface area contributed by atoms with Crippen molar-refractivity contribution < 1.29 is 9.85 Å². The average Bonchev–Trinajstić information content (AvgIpc) is 2.61. The number of nitro groups is 2. The van der Waals surface area contributed by atoms with Crippen molar-refractivity contribution in [2.24, 2.45) is 14.1 Å². The molecule has 1 heterocycles. The molecule has 0 amide bonds. The SMILES string of the molecule is CNc1c([N+](=O)[O-])cc2c(c1[N+](=O)[O-])n(C)c(=O)n2C. The molecule has 0 bridgehead atoms. The molecule has 2 aromatic rings. The molecule has 1 aromatic carbocycles. The summed E-state index contributed by atoms with van der Waals surface area (Å²) in [4.78, 5) is 32.7. The first-order valence-corrected chi connectivity index (χ1v) is 5.50. The number of nitrogens with zero attached hydrogens (tertiary/aromatic N) is 4. The average molecular weight is 281 g/mol. The number of fused-ring (bicyclic) bond motifs is 1. The second kappa shape index (κ2) is 4.33. The van der Waals surface area contributed by atoms with Crippen molar-refractivity contribution >= 4 is 28.1 Å². The standard InChI is InChI=1S/C10H11N5O5/c1-11-7-5(14(17)18)4-6-8(9(7)15(19)20)13(3)10(16)12(6)2/h4,11H,1-3H3. The molecule has 1 aromatic heterocycles. The number of hydrogen-bond acceptors (Lipinski definition) is 6. The van der Waals surface area contributed by atoms with Gasteiger partial charge in [0, 0.05) is 27.2 Å². The summed E-state index contributed by atoms with van der Waals surface area (Å²) in [6.45, 7) is 0. The Bertz CT molecular complexity index is 803. The van der Waals surface area contributed by atoms with Gasteiger partial charge in [-0.15, -0.1) is 0 Å². The Morgan fingerprint density at radius 2 is 1.75 bits per heavy atom. The third kappa shape index (κ3) is 1.61. The van der Waals surface area contributed by atoms with E-state index in [0.29, 0.717) is 0 Å². The van der Waals surface area contributed by atoms with Gasteiger partial charge in [0.15, 0.2) is 11.2 Å². The fourth-order valence-electron chi connectivity index (χ4n) is 2.21. The zero-order chi connectivity index (χ0) is 15.2. The minimum atomic E-state index is -0.736. The van der Waals surface area contributed by atoms with Crippen LogP contribution in [0.5, 0.6) is 0 Å². The predicted octanol–water partition coefficient (Wildman–Crippen LogP) is 0.735. The van der Waals surface area contributed by atoms with Gasteiger partial charge in [0.25, 0.3) is 0 Å². The summed E-state index contributed by atoms with van der Waals surface area (Å²) in [5.74, 6) is 0. The lowest BCUT2D eigenvalue weighted by atomic mass is 10.2. The molecule has 1 N–H and O–H groups in total. The molecular weight excluding hydrogens is 270 g/mol. The Morgan fingerprint density at radius 3 is 2.20 bits per heavy atom. The lowest BCUT2D eigenvalue weighted by molar-refractivity contribution is -0.391. The Balaban J connectivity index is 3.15. The van der Waals surface area contributed by atoms with Gasteiger partial charge in [-0.25, -0.2) is 4.79 Å². The van der Waals surface area contributed by atoms with Crippen LogP contribution in [0.4, 0.5) is 17.1 Å². The second-order valence-electron chi connectivity index (χ2n) is 4.15. The first-order valence-electron chi connectivity index (χ1n) is 5.50. The first-order chi connectivity index (χ1) is 9.31. The van der Waals surface area contributed by atoms with Crippen LogP contribution in [0.1, 0.15) is 0 Å². The molecule has 0 aliphatic carbocycles. The number of nitro benzene ring substituents is 2. The van der Waals surface area contributed by atoms with Crippen LogP contribution in [-0.4, -0.2) is 26.0 Å². The van der Waals surface area contributed by atoms with Crippen molar-refractivity contribution in [3.63, 3.8) is 0 Å². The number of benzene rings is 1. The molecule has 10 nitrogen and oxygen atoms in total. The highest BCUT2D eigenvalue weighted by molar-refractivity contribution is 5.97. The normalized spacial score (nSPS) is 10.8. The van der Waals surface area contributed by atoms with Crippen LogP contribution in [0.15, 0.2) is 10.9 Å². The van der Waals surface area contributed by atoms with Gasteiger partial charge in [-0.05, 0) is 0 Å². The van der Waals surface area contributed by atoms with Crippen LogP contribution in [-0.2, 0) is 14.1 Å². The van der Waals surface area contributed by atoms with E-state index in [1.165, 1.54) is 21.1 Å². The van der Waals surface area contributed by atoms with E-state index in [0.717, 1.165) is 15.2 Å². The highest BCUT2D eigenvalue weighted by Gasteiger charge is 2.31. The quantitative estimate of drug-likeness (QED) is 0.653. The van der Waals surface area contributed by atoms with E-state index in [9.17, 15) is 25.0 Å². The van der Waals surface area contributed by atoms with E-state index in [-0.39, 0.29) is 16.7 Å². The lowest BCUT2D eigenvalue weighted by Crippen LogP contribution is -2.19. The Hall–Kier alpha value is -2.91. The summed E-state index contributed by atoms with van der Waals surface area (Å²) in [7, 11) is 4.13. The Morgan fingerprint density at radius 1 is 1.15 bits per heavy atom. The van der Waals surface area contributed by atoms with Gasteiger partial charge in [-0.3, -0.25) is 29.4 Å². The molecular formula is C10H11N5O5. The van der Waals surface area contributed by atoms with E-state index in [2.05, 4.69) is 5.32 Å². The summed E-state index contributed by atoms with van der Waals surface area (Å²) in [5.41, 5.74) is -1.49. The summed E-state index contributed by atoms with van der Waals surface area (Å²) in [6.07, 6.45) is 0. The third-order valence-corrected chi connectivity index (χ3v) is 3.13. The summed E-state index contributed by atoms with van der Waals surface area (Å²) < 4.78 is 2.23. The van der Waals surface area contributed by atoms with Crippen molar-refractivity contribution in [3.8, 4) is 0 Å². The highest BCUT2D eigenvalue weighted by atomic mass is 16.6. The monoisotopic (exact) mass is 281 g/mol. The van der Waals surface area contributed by atoms with Gasteiger partial charge < -0.3 is 5.32 Å². The van der Waals surface area contributed by atoms with E-state index in [4.69, 9.17) is 0 Å². The number of hydrogen-bond donors (Lipinski definition) is 1. The Kier molecular flexibility index (Phi) is 2.93. The molecule has 0 saturated heterocycles. The van der Waals surface area contributed by atoms with E-state index in [1.807, 2.05) is 0 Å².